The number of amides is 1. The van der Waals surface area contributed by atoms with Gasteiger partial charge in [0.2, 0.25) is 6.79 Å². The Labute approximate surface area is 184 Å². The number of nitrogens with zero attached hydrogens (tertiary/aromatic N) is 2. The monoisotopic (exact) mass is 428 g/mol. The van der Waals surface area contributed by atoms with E-state index in [1.807, 2.05) is 25.1 Å². The number of ketones is 1. The van der Waals surface area contributed by atoms with Gasteiger partial charge in [-0.3, -0.25) is 14.6 Å². The topological polar surface area (TPSA) is 89.0 Å². The number of likely N-dealkylation sites (tertiary alicyclic amines) is 1. The molecule has 0 saturated carbocycles. The van der Waals surface area contributed by atoms with Gasteiger partial charge in [0.05, 0.1) is 11.6 Å². The summed E-state index contributed by atoms with van der Waals surface area (Å²) in [4.78, 5) is 31.8. The molecule has 0 aliphatic carbocycles. The highest BCUT2D eigenvalue weighted by Gasteiger charge is 2.46. The number of aliphatic hydroxyl groups is 1. The molecule has 2 aliphatic rings. The minimum absolute atomic E-state index is 0.0432. The quantitative estimate of drug-likeness (QED) is 0.387. The Kier molecular flexibility index (Phi) is 4.86. The van der Waals surface area contributed by atoms with E-state index >= 15 is 0 Å². The molecular formula is C25H20N2O5. The SMILES string of the molecule is Cc1ccc(C(O)=C2C(=O)C(=O)N(Cc3cccnc3)[C@@H]2c2ccc3c(c2)OCO3)cc1. The number of carbonyl (C=O) groups excluding carboxylic acids is 2. The Hall–Kier alpha value is -4.13. The maximum Gasteiger partial charge on any atom is 0.295 e. The summed E-state index contributed by atoms with van der Waals surface area (Å²) in [6, 6.07) is 15.2. The molecule has 3 aromatic rings. The lowest BCUT2D eigenvalue weighted by molar-refractivity contribution is -0.140. The third kappa shape index (κ3) is 3.37. The van der Waals surface area contributed by atoms with Crippen LogP contribution in [0.2, 0.25) is 0 Å². The molecule has 1 atom stereocenters. The van der Waals surface area contributed by atoms with Crippen LogP contribution in [0.1, 0.15) is 28.3 Å². The van der Waals surface area contributed by atoms with Crippen molar-refractivity contribution in [2.45, 2.75) is 19.5 Å². The number of hydrogen-bond donors (Lipinski definition) is 1. The van der Waals surface area contributed by atoms with E-state index in [0.717, 1.165) is 11.1 Å². The van der Waals surface area contributed by atoms with Crippen LogP contribution < -0.4 is 9.47 Å². The molecule has 0 spiro atoms. The molecule has 0 bridgehead atoms. The zero-order valence-electron chi connectivity index (χ0n) is 17.3. The van der Waals surface area contributed by atoms with E-state index in [1.54, 1.807) is 48.8 Å². The molecule has 160 valence electrons. The Morgan fingerprint density at radius 1 is 1.09 bits per heavy atom. The fourth-order valence-corrected chi connectivity index (χ4v) is 4.03. The van der Waals surface area contributed by atoms with Crippen molar-refractivity contribution in [2.24, 2.45) is 0 Å². The number of aliphatic hydroxyl groups excluding tert-OH is 1. The Morgan fingerprint density at radius 2 is 1.88 bits per heavy atom. The van der Waals surface area contributed by atoms with Gasteiger partial charge in [-0.05, 0) is 36.2 Å². The van der Waals surface area contributed by atoms with Crippen molar-refractivity contribution in [3.8, 4) is 11.5 Å². The summed E-state index contributed by atoms with van der Waals surface area (Å²) < 4.78 is 10.9. The lowest BCUT2D eigenvalue weighted by Crippen LogP contribution is -2.29. The summed E-state index contributed by atoms with van der Waals surface area (Å²) in [6.45, 7) is 2.21. The molecule has 2 aromatic carbocycles. The molecule has 3 heterocycles. The number of Topliss-reactive ketones (excluding diaryl/α,β-unsaturated/α-hetero) is 1. The lowest BCUT2D eigenvalue weighted by Gasteiger charge is -2.25. The summed E-state index contributed by atoms with van der Waals surface area (Å²) in [7, 11) is 0. The minimum atomic E-state index is -0.786. The Bertz CT molecular complexity index is 1230. The van der Waals surface area contributed by atoms with Crippen LogP contribution in [0.4, 0.5) is 0 Å². The average Bonchev–Trinajstić information content (AvgIpc) is 3.37. The molecule has 1 saturated heterocycles. The molecule has 1 amide bonds. The van der Waals surface area contributed by atoms with Crippen molar-refractivity contribution >= 4 is 17.4 Å². The maximum absolute atomic E-state index is 13.1. The molecule has 0 unspecified atom stereocenters. The standard InChI is InChI=1S/C25H20N2O5/c1-15-4-6-17(7-5-15)23(28)21-22(18-8-9-19-20(11-18)32-14-31-19)27(25(30)24(21)29)13-16-3-2-10-26-12-16/h2-12,22,28H,13-14H2,1H3/t22-/m1/s1. The molecule has 32 heavy (non-hydrogen) atoms. The molecule has 5 rings (SSSR count). The van der Waals surface area contributed by atoms with E-state index in [1.165, 1.54) is 4.90 Å². The third-order valence-corrected chi connectivity index (χ3v) is 5.65. The summed E-state index contributed by atoms with van der Waals surface area (Å²) in [5.74, 6) is -0.485. The first-order chi connectivity index (χ1) is 15.5. The van der Waals surface area contributed by atoms with Gasteiger partial charge in [-0.1, -0.05) is 42.0 Å². The highest BCUT2D eigenvalue weighted by molar-refractivity contribution is 6.46. The number of ether oxygens (including phenoxy) is 2. The summed E-state index contributed by atoms with van der Waals surface area (Å²) in [5, 5.41) is 11.1. The summed E-state index contributed by atoms with van der Waals surface area (Å²) >= 11 is 0. The van der Waals surface area contributed by atoms with E-state index in [2.05, 4.69) is 4.98 Å². The van der Waals surface area contributed by atoms with E-state index in [4.69, 9.17) is 9.47 Å². The zero-order valence-corrected chi connectivity index (χ0v) is 17.3. The van der Waals surface area contributed by atoms with Crippen LogP contribution in [0.3, 0.4) is 0 Å². The molecule has 7 nitrogen and oxygen atoms in total. The molecule has 1 fully saturated rings. The van der Waals surface area contributed by atoms with E-state index < -0.39 is 17.7 Å². The number of fused-ring (bicyclic) bond motifs is 1. The third-order valence-electron chi connectivity index (χ3n) is 5.65. The van der Waals surface area contributed by atoms with Gasteiger partial charge in [0.1, 0.15) is 5.76 Å². The van der Waals surface area contributed by atoms with Crippen molar-refractivity contribution in [3.05, 3.63) is 94.8 Å². The average molecular weight is 428 g/mol. The van der Waals surface area contributed by atoms with Crippen LogP contribution in [-0.4, -0.2) is 33.5 Å². The molecule has 7 heteroatoms. The van der Waals surface area contributed by atoms with Gasteiger partial charge < -0.3 is 19.5 Å². The van der Waals surface area contributed by atoms with Crippen molar-refractivity contribution in [3.63, 3.8) is 0 Å². The first kappa shape index (κ1) is 19.8. The van der Waals surface area contributed by atoms with Crippen LogP contribution in [0, 0.1) is 6.92 Å². The summed E-state index contributed by atoms with van der Waals surface area (Å²) in [5.41, 5.74) is 2.95. The van der Waals surface area contributed by atoms with E-state index in [0.29, 0.717) is 22.6 Å². The Morgan fingerprint density at radius 3 is 2.62 bits per heavy atom. The van der Waals surface area contributed by atoms with E-state index in [-0.39, 0.29) is 24.7 Å². The number of carbonyl (C=O) groups is 2. The van der Waals surface area contributed by atoms with Crippen LogP contribution in [-0.2, 0) is 16.1 Å². The maximum atomic E-state index is 13.1. The van der Waals surface area contributed by atoms with Crippen molar-refractivity contribution in [2.75, 3.05) is 6.79 Å². The lowest BCUT2D eigenvalue weighted by atomic mass is 9.94. The second-order valence-corrected chi connectivity index (χ2v) is 7.77. The molecule has 0 radical (unpaired) electrons. The predicted octanol–water partition coefficient (Wildman–Crippen LogP) is 3.74. The predicted molar refractivity (Wildman–Crippen MR) is 116 cm³/mol. The largest absolute Gasteiger partial charge is 0.507 e. The van der Waals surface area contributed by atoms with Gasteiger partial charge in [0, 0.05) is 24.5 Å². The second-order valence-electron chi connectivity index (χ2n) is 7.77. The van der Waals surface area contributed by atoms with Gasteiger partial charge in [0.25, 0.3) is 11.7 Å². The highest BCUT2D eigenvalue weighted by Crippen LogP contribution is 2.43. The first-order valence-electron chi connectivity index (χ1n) is 10.2. The smallest absolute Gasteiger partial charge is 0.295 e. The van der Waals surface area contributed by atoms with Crippen LogP contribution in [0.25, 0.3) is 5.76 Å². The fourth-order valence-electron chi connectivity index (χ4n) is 4.03. The Balaban J connectivity index is 1.65. The van der Waals surface area contributed by atoms with Gasteiger partial charge in [-0.15, -0.1) is 0 Å². The van der Waals surface area contributed by atoms with Gasteiger partial charge in [-0.25, -0.2) is 0 Å². The number of pyridine rings is 1. The van der Waals surface area contributed by atoms with E-state index in [9.17, 15) is 14.7 Å². The van der Waals surface area contributed by atoms with Crippen LogP contribution in [0.5, 0.6) is 11.5 Å². The molecule has 1 N–H and O–H groups in total. The normalized spacial score (nSPS) is 18.9. The van der Waals surface area contributed by atoms with Crippen molar-refractivity contribution in [1.29, 1.82) is 0 Å². The van der Waals surface area contributed by atoms with Crippen molar-refractivity contribution < 1.29 is 24.2 Å². The summed E-state index contributed by atoms with van der Waals surface area (Å²) in [6.07, 6.45) is 3.29. The molecule has 1 aromatic heterocycles. The first-order valence-corrected chi connectivity index (χ1v) is 10.2. The molecular weight excluding hydrogens is 408 g/mol. The van der Waals surface area contributed by atoms with Gasteiger partial charge >= 0.3 is 0 Å². The number of hydrogen-bond acceptors (Lipinski definition) is 6. The van der Waals surface area contributed by atoms with Crippen LogP contribution in [0.15, 0.2) is 72.6 Å². The number of rotatable bonds is 4. The molecule has 2 aliphatic heterocycles. The zero-order chi connectivity index (χ0) is 22.2. The van der Waals surface area contributed by atoms with Crippen molar-refractivity contribution in [1.82, 2.24) is 9.88 Å². The van der Waals surface area contributed by atoms with Gasteiger partial charge in [-0.2, -0.15) is 0 Å². The number of aromatic nitrogens is 1. The van der Waals surface area contributed by atoms with Gasteiger partial charge in [0.15, 0.2) is 11.5 Å². The van der Waals surface area contributed by atoms with Crippen LogP contribution >= 0.6 is 0 Å². The number of aryl methyl sites for hydroxylation is 1. The highest BCUT2D eigenvalue weighted by atomic mass is 16.7. The number of benzene rings is 2. The fraction of sp³-hybridized carbons (Fsp3) is 0.160. The minimum Gasteiger partial charge on any atom is -0.507 e. The second kappa shape index (κ2) is 7.85.